The Bertz CT molecular complexity index is 550. The summed E-state index contributed by atoms with van der Waals surface area (Å²) in [5, 5.41) is 9.11. The zero-order valence-electron chi connectivity index (χ0n) is 12.0. The summed E-state index contributed by atoms with van der Waals surface area (Å²) < 4.78 is 38.4. The number of alkyl halides is 3. The monoisotopic (exact) mass is 298 g/mol. The van der Waals surface area contributed by atoms with E-state index in [0.29, 0.717) is 13.1 Å². The zero-order chi connectivity index (χ0) is 15.6. The number of nitriles is 1. The minimum Gasteiger partial charge on any atom is -0.353 e. The van der Waals surface area contributed by atoms with Gasteiger partial charge in [0, 0.05) is 25.7 Å². The lowest BCUT2D eigenvalue weighted by Gasteiger charge is -2.40. The number of likely N-dealkylation sites (N-methyl/N-ethyl adjacent to an activating group) is 1. The Kier molecular flexibility index (Phi) is 4.37. The Hall–Kier alpha value is -1.81. The Morgan fingerprint density at radius 1 is 1.38 bits per heavy atom. The van der Waals surface area contributed by atoms with Gasteiger partial charge in [0.05, 0.1) is 5.56 Å². The van der Waals surface area contributed by atoms with Crippen molar-refractivity contribution < 1.29 is 13.2 Å². The van der Waals surface area contributed by atoms with E-state index < -0.39 is 11.9 Å². The number of nitrogens with zero attached hydrogens (tertiary/aromatic N) is 4. The number of aromatic nitrogens is 1. The average Bonchev–Trinajstić information content (AvgIpc) is 2.46. The first-order valence-corrected chi connectivity index (χ1v) is 6.80. The van der Waals surface area contributed by atoms with Crippen molar-refractivity contribution in [1.29, 1.82) is 5.26 Å². The van der Waals surface area contributed by atoms with Crippen LogP contribution in [-0.2, 0) is 6.18 Å². The first kappa shape index (κ1) is 15.6. The van der Waals surface area contributed by atoms with Gasteiger partial charge in [0.15, 0.2) is 0 Å². The maximum Gasteiger partial charge on any atom is 0.433 e. The molecule has 0 amide bonds. The molecule has 114 valence electrons. The van der Waals surface area contributed by atoms with Crippen LogP contribution in [-0.4, -0.2) is 42.6 Å². The number of anilines is 1. The van der Waals surface area contributed by atoms with E-state index in [2.05, 4.69) is 9.88 Å². The molecule has 0 radical (unpaired) electrons. The fourth-order valence-electron chi connectivity index (χ4n) is 2.51. The second-order valence-corrected chi connectivity index (χ2v) is 5.17. The van der Waals surface area contributed by atoms with Gasteiger partial charge >= 0.3 is 6.18 Å². The largest absolute Gasteiger partial charge is 0.433 e. The molecule has 0 saturated carbocycles. The number of piperazine rings is 1. The highest BCUT2D eigenvalue weighted by molar-refractivity contribution is 5.55. The number of halogens is 3. The second-order valence-electron chi connectivity index (χ2n) is 5.17. The number of hydrogen-bond acceptors (Lipinski definition) is 4. The van der Waals surface area contributed by atoms with Crippen molar-refractivity contribution in [2.75, 3.05) is 31.6 Å². The highest BCUT2D eigenvalue weighted by atomic mass is 19.4. The molecule has 1 aromatic rings. The van der Waals surface area contributed by atoms with Crippen molar-refractivity contribution in [3.8, 4) is 6.07 Å². The molecule has 1 aliphatic rings. The Morgan fingerprint density at radius 2 is 2.10 bits per heavy atom. The van der Waals surface area contributed by atoms with Crippen molar-refractivity contribution in [1.82, 2.24) is 9.88 Å². The van der Waals surface area contributed by atoms with Crippen LogP contribution in [0.2, 0.25) is 0 Å². The quantitative estimate of drug-likeness (QED) is 0.841. The van der Waals surface area contributed by atoms with Gasteiger partial charge in [-0.05, 0) is 25.6 Å². The molecule has 1 saturated heterocycles. The Balaban J connectivity index is 2.36. The normalized spacial score (nSPS) is 20.4. The van der Waals surface area contributed by atoms with Crippen molar-refractivity contribution in [2.24, 2.45) is 0 Å². The molecule has 4 nitrogen and oxygen atoms in total. The summed E-state index contributed by atoms with van der Waals surface area (Å²) in [7, 11) is 2.00. The summed E-state index contributed by atoms with van der Waals surface area (Å²) in [5.41, 5.74) is -0.772. The van der Waals surface area contributed by atoms with Gasteiger partial charge in [-0.3, -0.25) is 4.90 Å². The summed E-state index contributed by atoms with van der Waals surface area (Å²) in [4.78, 5) is 7.65. The van der Waals surface area contributed by atoms with Crippen LogP contribution < -0.4 is 4.90 Å². The smallest absolute Gasteiger partial charge is 0.353 e. The maximum absolute atomic E-state index is 12.8. The van der Waals surface area contributed by atoms with Crippen LogP contribution in [0.25, 0.3) is 0 Å². The molecular formula is C14H17F3N4. The fraction of sp³-hybridized carbons (Fsp3) is 0.571. The predicted octanol–water partition coefficient (Wildman–Crippen LogP) is 2.50. The zero-order valence-corrected chi connectivity index (χ0v) is 12.0. The first-order valence-electron chi connectivity index (χ1n) is 6.80. The van der Waals surface area contributed by atoms with Crippen molar-refractivity contribution in [2.45, 2.75) is 25.6 Å². The van der Waals surface area contributed by atoms with Gasteiger partial charge < -0.3 is 4.90 Å². The first-order chi connectivity index (χ1) is 9.86. The molecule has 1 atom stereocenters. The van der Waals surface area contributed by atoms with E-state index in [1.54, 1.807) is 4.90 Å². The van der Waals surface area contributed by atoms with Gasteiger partial charge in [-0.1, -0.05) is 6.92 Å². The Labute approximate surface area is 121 Å². The summed E-state index contributed by atoms with van der Waals surface area (Å²) in [6.07, 6.45) is -3.60. The van der Waals surface area contributed by atoms with Crippen molar-refractivity contribution in [3.63, 3.8) is 0 Å². The van der Waals surface area contributed by atoms with Crippen LogP contribution in [0.5, 0.6) is 0 Å². The third-order valence-electron chi connectivity index (χ3n) is 3.83. The SMILES string of the molecule is CCC1CN(c2nc(C(F)(F)F)ccc2C#N)CCN1C. The molecule has 7 heteroatoms. The summed E-state index contributed by atoms with van der Waals surface area (Å²) in [5.74, 6) is 0.138. The van der Waals surface area contributed by atoms with Gasteiger partial charge in [-0.15, -0.1) is 0 Å². The van der Waals surface area contributed by atoms with Crippen molar-refractivity contribution >= 4 is 5.82 Å². The molecular weight excluding hydrogens is 281 g/mol. The van der Waals surface area contributed by atoms with E-state index in [-0.39, 0.29) is 17.4 Å². The van der Waals surface area contributed by atoms with Gasteiger partial charge in [0.1, 0.15) is 17.6 Å². The van der Waals surface area contributed by atoms with Crippen LogP contribution >= 0.6 is 0 Å². The number of hydrogen-bond donors (Lipinski definition) is 0. The van der Waals surface area contributed by atoms with Crippen LogP contribution in [0.1, 0.15) is 24.6 Å². The third kappa shape index (κ3) is 3.27. The maximum atomic E-state index is 12.8. The van der Waals surface area contributed by atoms with Gasteiger partial charge in [-0.2, -0.15) is 18.4 Å². The molecule has 1 aliphatic heterocycles. The lowest BCUT2D eigenvalue weighted by molar-refractivity contribution is -0.141. The van der Waals surface area contributed by atoms with Crippen molar-refractivity contribution in [3.05, 3.63) is 23.4 Å². The van der Waals surface area contributed by atoms with E-state index in [1.165, 1.54) is 6.07 Å². The molecule has 0 spiro atoms. The molecule has 1 aromatic heterocycles. The lowest BCUT2D eigenvalue weighted by atomic mass is 10.1. The van der Waals surface area contributed by atoms with E-state index in [0.717, 1.165) is 19.0 Å². The topological polar surface area (TPSA) is 43.2 Å². The van der Waals surface area contributed by atoms with E-state index in [9.17, 15) is 13.2 Å². The number of rotatable bonds is 2. The highest BCUT2D eigenvalue weighted by Gasteiger charge is 2.34. The standard InChI is InChI=1S/C14H17F3N4/c1-3-11-9-21(7-6-20(11)2)13-10(8-18)4-5-12(19-13)14(15,16)17/h4-5,11H,3,6-7,9H2,1-2H3. The molecule has 2 heterocycles. The predicted molar refractivity (Wildman–Crippen MR) is 72.9 cm³/mol. The van der Waals surface area contributed by atoms with Crippen LogP contribution in [0.15, 0.2) is 12.1 Å². The molecule has 2 rings (SSSR count). The summed E-state index contributed by atoms with van der Waals surface area (Å²) >= 11 is 0. The molecule has 0 N–H and O–H groups in total. The molecule has 1 fully saturated rings. The fourth-order valence-corrected chi connectivity index (χ4v) is 2.51. The van der Waals surface area contributed by atoms with Gasteiger partial charge in [0.2, 0.25) is 0 Å². The van der Waals surface area contributed by atoms with Crippen LogP contribution in [0.3, 0.4) is 0 Å². The van der Waals surface area contributed by atoms with Gasteiger partial charge in [-0.25, -0.2) is 4.98 Å². The third-order valence-corrected chi connectivity index (χ3v) is 3.83. The summed E-state index contributed by atoms with van der Waals surface area (Å²) in [6.45, 7) is 3.92. The molecule has 21 heavy (non-hydrogen) atoms. The van der Waals surface area contributed by atoms with E-state index in [4.69, 9.17) is 5.26 Å². The lowest BCUT2D eigenvalue weighted by Crippen LogP contribution is -2.51. The minimum absolute atomic E-state index is 0.138. The summed E-state index contributed by atoms with van der Waals surface area (Å²) in [6, 6.07) is 4.24. The van der Waals surface area contributed by atoms with E-state index in [1.807, 2.05) is 20.0 Å². The van der Waals surface area contributed by atoms with E-state index >= 15 is 0 Å². The molecule has 0 aromatic carbocycles. The average molecular weight is 298 g/mol. The second kappa shape index (κ2) is 5.90. The molecule has 0 aliphatic carbocycles. The van der Waals surface area contributed by atoms with Crippen LogP contribution in [0, 0.1) is 11.3 Å². The minimum atomic E-state index is -4.50. The molecule has 0 bridgehead atoms. The number of pyridine rings is 1. The Morgan fingerprint density at radius 3 is 2.67 bits per heavy atom. The molecule has 1 unspecified atom stereocenters. The van der Waals surface area contributed by atoms with Crippen LogP contribution in [0.4, 0.5) is 19.0 Å². The highest BCUT2D eigenvalue weighted by Crippen LogP contribution is 2.31. The van der Waals surface area contributed by atoms with Gasteiger partial charge in [0.25, 0.3) is 0 Å².